The third-order valence-electron chi connectivity index (χ3n) is 3.22. The minimum absolute atomic E-state index is 0.178. The van der Waals surface area contributed by atoms with Crippen LogP contribution in [0.5, 0.6) is 0 Å². The molecule has 1 aliphatic carbocycles. The molecule has 19 heavy (non-hydrogen) atoms. The third-order valence-corrected chi connectivity index (χ3v) is 4.73. The van der Waals surface area contributed by atoms with E-state index in [0.717, 1.165) is 31.0 Å². The summed E-state index contributed by atoms with van der Waals surface area (Å²) in [6.45, 7) is 1.95. The molecule has 0 saturated heterocycles. The molecule has 5 nitrogen and oxygen atoms in total. The summed E-state index contributed by atoms with van der Waals surface area (Å²) in [4.78, 5) is 10.2. The van der Waals surface area contributed by atoms with Crippen LogP contribution >= 0.6 is 0 Å². The molecule has 2 rings (SSSR count). The molecule has 2 atom stereocenters. The van der Waals surface area contributed by atoms with Crippen molar-refractivity contribution in [2.75, 3.05) is 0 Å². The van der Waals surface area contributed by atoms with Gasteiger partial charge >= 0.3 is 5.97 Å². The number of aromatic carboxylic acids is 1. The van der Waals surface area contributed by atoms with Gasteiger partial charge in [0, 0.05) is 6.04 Å². The van der Waals surface area contributed by atoms with Gasteiger partial charge in [0.1, 0.15) is 10.7 Å². The van der Waals surface area contributed by atoms with E-state index in [9.17, 15) is 17.6 Å². The van der Waals surface area contributed by atoms with Crippen molar-refractivity contribution in [1.29, 1.82) is 0 Å². The Morgan fingerprint density at radius 3 is 2.74 bits per heavy atom. The zero-order chi connectivity index (χ0) is 14.2. The van der Waals surface area contributed by atoms with E-state index in [2.05, 4.69) is 4.72 Å². The zero-order valence-corrected chi connectivity index (χ0v) is 11.1. The van der Waals surface area contributed by atoms with Crippen molar-refractivity contribution < 1.29 is 22.7 Å². The molecular weight excluding hydrogens is 273 g/mol. The van der Waals surface area contributed by atoms with Crippen LogP contribution in [0.2, 0.25) is 0 Å². The second-order valence-corrected chi connectivity index (χ2v) is 6.26. The summed E-state index contributed by atoms with van der Waals surface area (Å²) in [5.74, 6) is -1.97. The summed E-state index contributed by atoms with van der Waals surface area (Å²) >= 11 is 0. The standard InChI is InChI=1S/C12H14FNO4S/c1-2-7-5-10(7)14-19(17,18)11-6-8(12(15)16)3-4-9(11)13/h3-4,6-7,10,14H,2,5H2,1H3,(H,15,16). The van der Waals surface area contributed by atoms with Crippen LogP contribution in [0.25, 0.3) is 0 Å². The first kappa shape index (κ1) is 14.0. The van der Waals surface area contributed by atoms with E-state index in [1.54, 1.807) is 0 Å². The van der Waals surface area contributed by atoms with Crippen molar-refractivity contribution >= 4 is 16.0 Å². The molecule has 1 aliphatic rings. The fourth-order valence-electron chi connectivity index (χ4n) is 1.95. The van der Waals surface area contributed by atoms with E-state index in [0.29, 0.717) is 0 Å². The molecule has 1 saturated carbocycles. The fraction of sp³-hybridized carbons (Fsp3) is 0.417. The number of hydrogen-bond acceptors (Lipinski definition) is 3. The predicted octanol–water partition coefficient (Wildman–Crippen LogP) is 1.60. The minimum atomic E-state index is -4.02. The lowest BCUT2D eigenvalue weighted by Gasteiger charge is -2.08. The van der Waals surface area contributed by atoms with Crippen LogP contribution in [0.15, 0.2) is 23.1 Å². The fourth-order valence-corrected chi connectivity index (χ4v) is 3.37. The quantitative estimate of drug-likeness (QED) is 0.861. The zero-order valence-electron chi connectivity index (χ0n) is 10.3. The first-order valence-corrected chi connectivity index (χ1v) is 7.38. The van der Waals surface area contributed by atoms with Gasteiger partial charge in [-0.1, -0.05) is 13.3 Å². The van der Waals surface area contributed by atoms with E-state index in [1.165, 1.54) is 0 Å². The van der Waals surface area contributed by atoms with Crippen molar-refractivity contribution in [3.8, 4) is 0 Å². The average Bonchev–Trinajstić information content (AvgIpc) is 3.06. The van der Waals surface area contributed by atoms with E-state index >= 15 is 0 Å². The largest absolute Gasteiger partial charge is 0.478 e. The number of halogens is 1. The van der Waals surface area contributed by atoms with E-state index < -0.39 is 26.7 Å². The maximum absolute atomic E-state index is 13.6. The lowest BCUT2D eigenvalue weighted by atomic mass is 10.2. The number of benzene rings is 1. The van der Waals surface area contributed by atoms with Crippen LogP contribution in [0, 0.1) is 11.7 Å². The summed E-state index contributed by atoms with van der Waals surface area (Å²) < 4.78 is 40.0. The number of hydrogen-bond donors (Lipinski definition) is 2. The normalized spacial score (nSPS) is 22.2. The Kier molecular flexibility index (Phi) is 3.60. The molecule has 0 aliphatic heterocycles. The number of rotatable bonds is 5. The van der Waals surface area contributed by atoms with Gasteiger partial charge in [-0.3, -0.25) is 0 Å². The Hall–Kier alpha value is -1.47. The maximum Gasteiger partial charge on any atom is 0.335 e. The van der Waals surface area contributed by atoms with Gasteiger partial charge in [0.05, 0.1) is 5.56 Å². The summed E-state index contributed by atoms with van der Waals surface area (Å²) in [6, 6.07) is 2.54. The van der Waals surface area contributed by atoms with Crippen LogP contribution in [-0.2, 0) is 10.0 Å². The average molecular weight is 287 g/mol. The van der Waals surface area contributed by atoms with Crippen LogP contribution < -0.4 is 4.72 Å². The number of carboxylic acids is 1. The van der Waals surface area contributed by atoms with Gasteiger partial charge in [-0.15, -0.1) is 0 Å². The Labute approximate surface area is 110 Å². The van der Waals surface area contributed by atoms with Crippen LogP contribution in [0.3, 0.4) is 0 Å². The molecule has 2 N–H and O–H groups in total. The van der Waals surface area contributed by atoms with Crippen LogP contribution in [-0.4, -0.2) is 25.5 Å². The smallest absolute Gasteiger partial charge is 0.335 e. The molecule has 0 aromatic heterocycles. The highest BCUT2D eigenvalue weighted by molar-refractivity contribution is 7.89. The van der Waals surface area contributed by atoms with E-state index in [-0.39, 0.29) is 17.5 Å². The first-order chi connectivity index (χ1) is 8.85. The summed E-state index contributed by atoms with van der Waals surface area (Å²) in [6.07, 6.45) is 1.58. The van der Waals surface area contributed by atoms with Crippen molar-refractivity contribution in [3.05, 3.63) is 29.6 Å². The van der Waals surface area contributed by atoms with E-state index in [1.807, 2.05) is 6.92 Å². The van der Waals surface area contributed by atoms with Crippen molar-refractivity contribution in [2.24, 2.45) is 5.92 Å². The molecule has 0 bridgehead atoms. The Morgan fingerprint density at radius 1 is 1.53 bits per heavy atom. The molecule has 7 heteroatoms. The van der Waals surface area contributed by atoms with Crippen LogP contribution in [0.1, 0.15) is 30.1 Å². The van der Waals surface area contributed by atoms with Gasteiger partial charge in [-0.25, -0.2) is 22.3 Å². The van der Waals surface area contributed by atoms with Crippen molar-refractivity contribution in [1.82, 2.24) is 4.72 Å². The maximum atomic E-state index is 13.6. The van der Waals surface area contributed by atoms with E-state index in [4.69, 9.17) is 5.11 Å². The molecular formula is C12H14FNO4S. The summed E-state index contributed by atoms with van der Waals surface area (Å²) in [5, 5.41) is 8.80. The number of nitrogens with one attached hydrogen (secondary N) is 1. The van der Waals surface area contributed by atoms with Gasteiger partial charge in [0.15, 0.2) is 0 Å². The Balaban J connectivity index is 2.29. The molecule has 1 aromatic rings. The minimum Gasteiger partial charge on any atom is -0.478 e. The second kappa shape index (κ2) is 4.90. The van der Waals surface area contributed by atoms with Gasteiger partial charge in [-0.05, 0) is 30.5 Å². The van der Waals surface area contributed by atoms with Gasteiger partial charge < -0.3 is 5.11 Å². The SMILES string of the molecule is CCC1CC1NS(=O)(=O)c1cc(C(=O)O)ccc1F. The molecule has 0 heterocycles. The number of sulfonamides is 1. The molecule has 0 radical (unpaired) electrons. The monoisotopic (exact) mass is 287 g/mol. The molecule has 0 spiro atoms. The van der Waals surface area contributed by atoms with Crippen LogP contribution in [0.4, 0.5) is 4.39 Å². The highest BCUT2D eigenvalue weighted by Gasteiger charge is 2.39. The summed E-state index contributed by atoms with van der Waals surface area (Å²) in [7, 11) is -4.02. The molecule has 104 valence electrons. The van der Waals surface area contributed by atoms with Gasteiger partial charge in [-0.2, -0.15) is 0 Å². The molecule has 1 aromatic carbocycles. The topological polar surface area (TPSA) is 83.5 Å². The summed E-state index contributed by atoms with van der Waals surface area (Å²) in [5.41, 5.74) is -0.260. The highest BCUT2D eigenvalue weighted by Crippen LogP contribution is 2.34. The number of carbonyl (C=O) groups is 1. The Morgan fingerprint density at radius 2 is 2.21 bits per heavy atom. The van der Waals surface area contributed by atoms with Crippen molar-refractivity contribution in [3.63, 3.8) is 0 Å². The third kappa shape index (κ3) is 2.93. The predicted molar refractivity (Wildman–Crippen MR) is 65.9 cm³/mol. The lowest BCUT2D eigenvalue weighted by Crippen LogP contribution is -2.28. The van der Waals surface area contributed by atoms with Gasteiger partial charge in [0.25, 0.3) is 0 Å². The second-order valence-electron chi connectivity index (χ2n) is 4.58. The first-order valence-electron chi connectivity index (χ1n) is 5.90. The molecule has 0 amide bonds. The molecule has 2 unspecified atom stereocenters. The highest BCUT2D eigenvalue weighted by atomic mass is 32.2. The lowest BCUT2D eigenvalue weighted by molar-refractivity contribution is 0.0696. The molecule has 1 fully saturated rings. The number of carboxylic acid groups (broad SMARTS) is 1. The Bertz CT molecular complexity index is 614. The van der Waals surface area contributed by atoms with Gasteiger partial charge in [0.2, 0.25) is 10.0 Å². The van der Waals surface area contributed by atoms with Crippen molar-refractivity contribution in [2.45, 2.75) is 30.7 Å².